The number of hydrogen-bond acceptors (Lipinski definition) is 6. The van der Waals surface area contributed by atoms with Gasteiger partial charge in [0.1, 0.15) is 11.7 Å². The Balaban J connectivity index is 2.96. The third-order valence-electron chi connectivity index (χ3n) is 3.10. The van der Waals surface area contributed by atoms with Crippen molar-refractivity contribution >= 4 is 17.8 Å². The van der Waals surface area contributed by atoms with Crippen LogP contribution in [0.15, 0.2) is 24.3 Å². The number of esters is 1. The Bertz CT molecular complexity index is 603. The van der Waals surface area contributed by atoms with Gasteiger partial charge in [-0.2, -0.15) is 0 Å². The van der Waals surface area contributed by atoms with E-state index in [4.69, 9.17) is 4.74 Å². The van der Waals surface area contributed by atoms with Gasteiger partial charge in [-0.3, -0.25) is 4.79 Å². The second-order valence-corrected chi connectivity index (χ2v) is 6.27. The summed E-state index contributed by atoms with van der Waals surface area (Å²) in [5.41, 5.74) is 0.0749. The van der Waals surface area contributed by atoms with Crippen molar-refractivity contribution < 1.29 is 29.0 Å². The number of ether oxygens (including phenoxy) is 2. The zero-order chi connectivity index (χ0) is 18.5. The maximum Gasteiger partial charge on any atom is 0.408 e. The lowest BCUT2D eigenvalue weighted by atomic mass is 10.00. The van der Waals surface area contributed by atoms with Crippen molar-refractivity contribution in [1.82, 2.24) is 5.32 Å². The molecule has 7 heteroatoms. The normalized spacial score (nSPS) is 13.6. The van der Waals surface area contributed by atoms with E-state index in [1.54, 1.807) is 20.8 Å². The summed E-state index contributed by atoms with van der Waals surface area (Å²) >= 11 is 0. The first-order valence-corrected chi connectivity index (χ1v) is 7.41. The SMILES string of the molecule is COC(=O)[C@@H](NC(=O)OC(C)(C)C)[C@H](O)c1ccc(C(C)=O)cc1. The predicted octanol–water partition coefficient (Wildman–Crippen LogP) is 1.99. The Morgan fingerprint density at radius 1 is 1.12 bits per heavy atom. The van der Waals surface area contributed by atoms with Crippen LogP contribution in [0.3, 0.4) is 0 Å². The molecule has 2 atom stereocenters. The summed E-state index contributed by atoms with van der Waals surface area (Å²) < 4.78 is 9.71. The van der Waals surface area contributed by atoms with Gasteiger partial charge in [-0.1, -0.05) is 24.3 Å². The van der Waals surface area contributed by atoms with Gasteiger partial charge < -0.3 is 19.9 Å². The van der Waals surface area contributed by atoms with Crippen LogP contribution in [0.2, 0.25) is 0 Å². The standard InChI is InChI=1S/C17H23NO6/c1-10(19)11-6-8-12(9-7-11)14(20)13(15(21)23-5)18-16(22)24-17(2,3)4/h6-9,13-14,20H,1-5H3,(H,18,22)/t13-,14+/m0/s1. The van der Waals surface area contributed by atoms with Gasteiger partial charge in [-0.05, 0) is 33.3 Å². The van der Waals surface area contributed by atoms with Crippen molar-refractivity contribution in [2.45, 2.75) is 45.4 Å². The summed E-state index contributed by atoms with van der Waals surface area (Å²) in [6.07, 6.45) is -2.21. The lowest BCUT2D eigenvalue weighted by Crippen LogP contribution is -2.47. The number of aliphatic hydroxyl groups is 1. The fourth-order valence-electron chi connectivity index (χ4n) is 1.94. The minimum Gasteiger partial charge on any atom is -0.467 e. The Kier molecular flexibility index (Phi) is 6.48. The molecule has 0 aromatic heterocycles. The molecule has 1 amide bonds. The number of ketones is 1. The van der Waals surface area contributed by atoms with Gasteiger partial charge in [-0.25, -0.2) is 9.59 Å². The number of nitrogens with one attached hydrogen (secondary N) is 1. The van der Waals surface area contributed by atoms with E-state index in [2.05, 4.69) is 10.1 Å². The highest BCUT2D eigenvalue weighted by atomic mass is 16.6. The highest BCUT2D eigenvalue weighted by Crippen LogP contribution is 2.19. The van der Waals surface area contributed by atoms with Crippen LogP contribution in [0.4, 0.5) is 4.79 Å². The number of methoxy groups -OCH3 is 1. The van der Waals surface area contributed by atoms with Gasteiger partial charge in [0.05, 0.1) is 7.11 Å². The molecule has 0 saturated carbocycles. The van der Waals surface area contributed by atoms with Gasteiger partial charge in [0, 0.05) is 5.56 Å². The topological polar surface area (TPSA) is 102 Å². The molecular formula is C17H23NO6. The molecule has 0 heterocycles. The van der Waals surface area contributed by atoms with E-state index in [0.29, 0.717) is 11.1 Å². The number of alkyl carbamates (subject to hydrolysis) is 1. The number of carbonyl (C=O) groups excluding carboxylic acids is 3. The van der Waals surface area contributed by atoms with Crippen LogP contribution < -0.4 is 5.32 Å². The largest absolute Gasteiger partial charge is 0.467 e. The van der Waals surface area contributed by atoms with Crippen LogP contribution in [0, 0.1) is 0 Å². The molecule has 1 aromatic carbocycles. The van der Waals surface area contributed by atoms with E-state index in [1.165, 1.54) is 31.2 Å². The second-order valence-electron chi connectivity index (χ2n) is 6.27. The highest BCUT2D eigenvalue weighted by molar-refractivity contribution is 5.94. The minimum atomic E-state index is -1.36. The molecule has 1 rings (SSSR count). The number of carbonyl (C=O) groups is 3. The van der Waals surface area contributed by atoms with Crippen molar-refractivity contribution in [3.63, 3.8) is 0 Å². The van der Waals surface area contributed by atoms with Gasteiger partial charge in [0.15, 0.2) is 11.8 Å². The summed E-state index contributed by atoms with van der Waals surface area (Å²) in [5, 5.41) is 12.7. The van der Waals surface area contributed by atoms with Crippen molar-refractivity contribution in [2.75, 3.05) is 7.11 Å². The summed E-state index contributed by atoms with van der Waals surface area (Å²) in [7, 11) is 1.15. The van der Waals surface area contributed by atoms with E-state index in [9.17, 15) is 19.5 Å². The zero-order valence-electron chi connectivity index (χ0n) is 14.5. The van der Waals surface area contributed by atoms with E-state index in [0.717, 1.165) is 7.11 Å². The number of Topliss-reactive ketones (excluding diaryl/α,β-unsaturated/α-hetero) is 1. The number of hydrogen-bond donors (Lipinski definition) is 2. The van der Waals surface area contributed by atoms with Crippen molar-refractivity contribution in [1.29, 1.82) is 0 Å². The van der Waals surface area contributed by atoms with Crippen molar-refractivity contribution in [3.05, 3.63) is 35.4 Å². The molecular weight excluding hydrogens is 314 g/mol. The summed E-state index contributed by atoms with van der Waals surface area (Å²) in [4.78, 5) is 35.1. The summed E-state index contributed by atoms with van der Waals surface area (Å²) in [6.45, 7) is 6.46. The summed E-state index contributed by atoms with van der Waals surface area (Å²) in [6, 6.07) is 4.74. The average Bonchev–Trinajstić information content (AvgIpc) is 2.49. The first-order chi connectivity index (χ1) is 11.0. The van der Waals surface area contributed by atoms with E-state index < -0.39 is 29.8 Å². The molecule has 0 fully saturated rings. The zero-order valence-corrected chi connectivity index (χ0v) is 14.5. The lowest BCUT2D eigenvalue weighted by Gasteiger charge is -2.25. The minimum absolute atomic E-state index is 0.118. The van der Waals surface area contributed by atoms with E-state index >= 15 is 0 Å². The van der Waals surface area contributed by atoms with Crippen molar-refractivity contribution in [2.24, 2.45) is 0 Å². The van der Waals surface area contributed by atoms with Gasteiger partial charge in [0.25, 0.3) is 0 Å². The third-order valence-corrected chi connectivity index (χ3v) is 3.10. The number of aliphatic hydroxyl groups excluding tert-OH is 1. The molecule has 132 valence electrons. The monoisotopic (exact) mass is 337 g/mol. The van der Waals surface area contributed by atoms with Crippen LogP contribution >= 0.6 is 0 Å². The first-order valence-electron chi connectivity index (χ1n) is 7.41. The molecule has 7 nitrogen and oxygen atoms in total. The molecule has 0 radical (unpaired) electrons. The van der Waals surface area contributed by atoms with Gasteiger partial charge >= 0.3 is 12.1 Å². The van der Waals surface area contributed by atoms with E-state index in [-0.39, 0.29) is 5.78 Å². The van der Waals surface area contributed by atoms with E-state index in [1.807, 2.05) is 0 Å². The Morgan fingerprint density at radius 2 is 1.67 bits per heavy atom. The summed E-state index contributed by atoms with van der Waals surface area (Å²) in [5.74, 6) is -0.934. The molecule has 0 saturated heterocycles. The molecule has 0 aliphatic carbocycles. The van der Waals surface area contributed by atoms with Crippen LogP contribution in [-0.4, -0.2) is 41.7 Å². The molecule has 0 unspecified atom stereocenters. The van der Waals surface area contributed by atoms with Gasteiger partial charge in [0.2, 0.25) is 0 Å². The molecule has 0 aliphatic heterocycles. The van der Waals surface area contributed by atoms with Crippen molar-refractivity contribution in [3.8, 4) is 0 Å². The Hall–Kier alpha value is -2.41. The maximum absolute atomic E-state index is 11.9. The first kappa shape index (κ1) is 19.6. The molecule has 0 bridgehead atoms. The smallest absolute Gasteiger partial charge is 0.408 e. The fourth-order valence-corrected chi connectivity index (χ4v) is 1.94. The second kappa shape index (κ2) is 7.92. The lowest BCUT2D eigenvalue weighted by molar-refractivity contribution is -0.146. The molecule has 0 spiro atoms. The average molecular weight is 337 g/mol. The van der Waals surface area contributed by atoms with Crippen LogP contribution in [0.1, 0.15) is 49.7 Å². The van der Waals surface area contributed by atoms with Crippen LogP contribution in [-0.2, 0) is 14.3 Å². The maximum atomic E-state index is 11.9. The van der Waals surface area contributed by atoms with Gasteiger partial charge in [-0.15, -0.1) is 0 Å². The number of benzene rings is 1. The molecule has 2 N–H and O–H groups in total. The quantitative estimate of drug-likeness (QED) is 0.629. The molecule has 1 aromatic rings. The number of amides is 1. The Morgan fingerprint density at radius 3 is 2.08 bits per heavy atom. The Labute approximate surface area is 141 Å². The van der Waals surface area contributed by atoms with Crippen LogP contribution in [0.5, 0.6) is 0 Å². The molecule has 24 heavy (non-hydrogen) atoms. The third kappa shape index (κ3) is 5.66. The highest BCUT2D eigenvalue weighted by Gasteiger charge is 2.32. The van der Waals surface area contributed by atoms with Crippen LogP contribution in [0.25, 0.3) is 0 Å². The number of rotatable bonds is 5. The molecule has 0 aliphatic rings. The fraction of sp³-hybridized carbons (Fsp3) is 0.471. The predicted molar refractivity (Wildman–Crippen MR) is 86.6 cm³/mol.